The zero-order valence-electron chi connectivity index (χ0n) is 32.6. The second-order valence-electron chi connectivity index (χ2n) is 11.3. The molecule has 284 valence electrons. The van der Waals surface area contributed by atoms with Crippen LogP contribution in [0.5, 0.6) is 0 Å². The fourth-order valence-corrected chi connectivity index (χ4v) is 8.39. The lowest BCUT2D eigenvalue weighted by Crippen LogP contribution is -2.29. The van der Waals surface area contributed by atoms with Gasteiger partial charge in [-0.2, -0.15) is 10.5 Å². The Kier molecular flexibility index (Phi) is 24.0. The Bertz CT molecular complexity index is 1870. The van der Waals surface area contributed by atoms with Crippen molar-refractivity contribution in [2.45, 2.75) is 48.0 Å². The molecule has 0 bridgehead atoms. The molecule has 0 fully saturated rings. The third-order valence-corrected chi connectivity index (χ3v) is 11.4. The Morgan fingerprint density at radius 2 is 0.982 bits per heavy atom. The molecule has 0 aliphatic rings. The van der Waals surface area contributed by atoms with Gasteiger partial charge in [-0.25, -0.2) is 4.79 Å². The van der Waals surface area contributed by atoms with Crippen LogP contribution in [-0.4, -0.2) is 37.2 Å². The van der Waals surface area contributed by atoms with Crippen LogP contribution in [0.25, 0.3) is 0 Å². The van der Waals surface area contributed by atoms with Crippen molar-refractivity contribution in [1.29, 1.82) is 10.5 Å². The van der Waals surface area contributed by atoms with Gasteiger partial charge in [0, 0.05) is 12.2 Å². The van der Waals surface area contributed by atoms with Crippen molar-refractivity contribution in [3.63, 3.8) is 0 Å². The molecule has 5 aromatic rings. The average Bonchev–Trinajstić information content (AvgIpc) is 3.22. The number of nitrogens with zero attached hydrogens (tertiary/aromatic N) is 2. The molecule has 0 amide bonds. The standard InChI is InChI=1S/C22H21O2P.2C8H7N.C7H12O2.C2H4O/c1-2-24-22(23)18-25(19-12-6-3-7-13-19,20-14-8-4-9-15-20)21-16-10-5-11-17-21;2*1-7-4-2-3-5-8(7)6-9;1-3-5-6-9-7(8)4-2;1-2-3/h3-18H,2H2,1H3;2*2-5H,1H3;3,5H,4,6H2,1-2H3;2H,1H3/b;;;5-3+;. The zero-order chi connectivity index (χ0) is 40.7. The zero-order valence-corrected chi connectivity index (χ0v) is 33.5. The maximum Gasteiger partial charge on any atom is 0.331 e. The molecule has 0 saturated carbocycles. The molecule has 0 atom stereocenters. The van der Waals surface area contributed by atoms with E-state index in [9.17, 15) is 9.59 Å². The topological polar surface area (TPSA) is 117 Å². The van der Waals surface area contributed by atoms with E-state index < -0.39 is 6.89 Å². The maximum atomic E-state index is 12.5. The van der Waals surface area contributed by atoms with Crippen molar-refractivity contribution in [3.05, 3.63) is 174 Å². The van der Waals surface area contributed by atoms with Gasteiger partial charge in [-0.1, -0.05) is 146 Å². The van der Waals surface area contributed by atoms with Crippen LogP contribution in [0, 0.1) is 36.5 Å². The summed E-state index contributed by atoms with van der Waals surface area (Å²) in [7, 11) is 0. The van der Waals surface area contributed by atoms with Gasteiger partial charge in [0.2, 0.25) is 0 Å². The van der Waals surface area contributed by atoms with Gasteiger partial charge < -0.3 is 14.3 Å². The number of esters is 2. The molecule has 0 heterocycles. The van der Waals surface area contributed by atoms with E-state index in [4.69, 9.17) is 24.8 Å². The van der Waals surface area contributed by atoms with Gasteiger partial charge in [0.15, 0.2) is 0 Å². The van der Waals surface area contributed by atoms with Crippen LogP contribution in [-0.2, 0) is 23.9 Å². The van der Waals surface area contributed by atoms with Crippen molar-refractivity contribution >= 4 is 46.8 Å². The van der Waals surface area contributed by atoms with Crippen LogP contribution in [0.15, 0.2) is 152 Å². The number of aldehydes is 1. The van der Waals surface area contributed by atoms with Crippen LogP contribution in [0.3, 0.4) is 0 Å². The Morgan fingerprint density at radius 1 is 0.618 bits per heavy atom. The lowest BCUT2D eigenvalue weighted by Gasteiger charge is -2.28. The van der Waals surface area contributed by atoms with Crippen LogP contribution >= 0.6 is 6.89 Å². The number of hydrogen-bond acceptors (Lipinski definition) is 7. The first kappa shape index (κ1) is 46.8. The number of carbonyl (C=O) groups excluding carboxylic acids is 3. The third-order valence-electron chi connectivity index (χ3n) is 7.47. The van der Waals surface area contributed by atoms with Crippen molar-refractivity contribution in [3.8, 4) is 12.1 Å². The van der Waals surface area contributed by atoms with Gasteiger partial charge in [-0.15, -0.1) is 0 Å². The SMILES string of the molecule is C/C=C/COC(=O)CC.CC=O.CCOC(=O)C=P(c1ccccc1)(c1ccccc1)c1ccccc1.Cc1ccccc1C#N.Cc1ccccc1C#N. The Balaban J connectivity index is 0.000000414. The molecule has 5 aromatic carbocycles. The summed E-state index contributed by atoms with van der Waals surface area (Å²) in [5.74, 6) is 1.39. The number of benzene rings is 5. The summed E-state index contributed by atoms with van der Waals surface area (Å²) in [6.07, 6.45) is 4.86. The number of carbonyl (C=O) groups is 3. The molecule has 0 unspecified atom stereocenters. The molecule has 55 heavy (non-hydrogen) atoms. The predicted molar refractivity (Wildman–Crippen MR) is 227 cm³/mol. The van der Waals surface area contributed by atoms with Crippen LogP contribution < -0.4 is 15.9 Å². The minimum Gasteiger partial charge on any atom is -0.463 e. The van der Waals surface area contributed by atoms with E-state index in [0.29, 0.717) is 19.6 Å². The minimum absolute atomic E-state index is 0.145. The molecule has 0 saturated heterocycles. The Hall–Kier alpha value is -6.27. The van der Waals surface area contributed by atoms with Crippen LogP contribution in [0.2, 0.25) is 0 Å². The highest BCUT2D eigenvalue weighted by Gasteiger charge is 2.26. The molecular weight excluding hydrogens is 703 g/mol. The quantitative estimate of drug-likeness (QED) is 0.0673. The maximum absolute atomic E-state index is 12.5. The number of allylic oxidation sites excluding steroid dienone is 1. The third kappa shape index (κ3) is 17.0. The monoisotopic (exact) mass is 754 g/mol. The summed E-state index contributed by atoms with van der Waals surface area (Å²) in [5, 5.41) is 20.4. The summed E-state index contributed by atoms with van der Waals surface area (Å²) in [4.78, 5) is 31.8. The van der Waals surface area contributed by atoms with E-state index in [1.165, 1.54) is 6.92 Å². The number of hydrogen-bond donors (Lipinski definition) is 0. The summed E-state index contributed by atoms with van der Waals surface area (Å²) < 4.78 is 10.0. The highest BCUT2D eigenvalue weighted by atomic mass is 31.2. The van der Waals surface area contributed by atoms with Crippen molar-refractivity contribution in [2.75, 3.05) is 13.2 Å². The summed E-state index contributed by atoms with van der Waals surface area (Å²) in [5.41, 5.74) is 3.61. The number of rotatable bonds is 8. The first-order valence-corrected chi connectivity index (χ1v) is 19.7. The molecule has 5 rings (SSSR count). The molecule has 0 radical (unpaired) electrons. The van der Waals surface area contributed by atoms with Crippen LogP contribution in [0.1, 0.15) is 56.4 Å². The molecule has 0 aliphatic heterocycles. The van der Waals surface area contributed by atoms with E-state index in [-0.39, 0.29) is 11.9 Å². The van der Waals surface area contributed by atoms with E-state index in [2.05, 4.69) is 48.5 Å². The highest BCUT2D eigenvalue weighted by Crippen LogP contribution is 2.43. The summed E-state index contributed by atoms with van der Waals surface area (Å²) >= 11 is 0. The van der Waals surface area contributed by atoms with Crippen molar-refractivity contribution < 1.29 is 23.9 Å². The Labute approximate surface area is 327 Å². The highest BCUT2D eigenvalue weighted by molar-refractivity contribution is 7.95. The lowest BCUT2D eigenvalue weighted by molar-refractivity contribution is -0.142. The van der Waals surface area contributed by atoms with E-state index in [0.717, 1.165) is 44.5 Å². The molecule has 0 aromatic heterocycles. The number of nitriles is 2. The molecule has 0 spiro atoms. The molecular formula is C47H51N2O5P. The molecule has 0 N–H and O–H groups in total. The second-order valence-corrected chi connectivity index (χ2v) is 14.6. The fraction of sp³-hybridized carbons (Fsp3) is 0.191. The second kappa shape index (κ2) is 28.3. The summed E-state index contributed by atoms with van der Waals surface area (Å²) in [6.45, 7) is 9.34. The summed E-state index contributed by atoms with van der Waals surface area (Å²) in [6, 6.07) is 50.0. The van der Waals surface area contributed by atoms with Crippen LogP contribution in [0.4, 0.5) is 0 Å². The van der Waals surface area contributed by atoms with Gasteiger partial charge in [0.25, 0.3) is 0 Å². The number of ether oxygens (including phenoxy) is 2. The predicted octanol–water partition coefficient (Wildman–Crippen LogP) is 8.80. The normalized spacial score (nSPS) is 9.60. The first-order valence-electron chi connectivity index (χ1n) is 17.8. The van der Waals surface area contributed by atoms with Crippen molar-refractivity contribution in [1.82, 2.24) is 0 Å². The van der Waals surface area contributed by atoms with Gasteiger partial charge in [0.1, 0.15) is 12.9 Å². The van der Waals surface area contributed by atoms with Gasteiger partial charge in [-0.3, -0.25) is 4.79 Å². The smallest absolute Gasteiger partial charge is 0.331 e. The van der Waals surface area contributed by atoms with Crippen molar-refractivity contribution in [2.24, 2.45) is 0 Å². The lowest BCUT2D eigenvalue weighted by atomic mass is 10.1. The van der Waals surface area contributed by atoms with E-state index in [1.807, 2.05) is 137 Å². The molecule has 0 aliphatic carbocycles. The van der Waals surface area contributed by atoms with E-state index in [1.54, 1.807) is 18.8 Å². The number of aryl methyl sites for hydroxylation is 2. The Morgan fingerprint density at radius 3 is 1.27 bits per heavy atom. The van der Waals surface area contributed by atoms with Gasteiger partial charge in [0.05, 0.1) is 29.9 Å². The molecule has 8 heteroatoms. The minimum atomic E-state index is -2.24. The first-order chi connectivity index (χ1) is 26.7. The van der Waals surface area contributed by atoms with Gasteiger partial charge >= 0.3 is 11.9 Å². The fourth-order valence-electron chi connectivity index (χ4n) is 4.73. The van der Waals surface area contributed by atoms with E-state index >= 15 is 0 Å². The van der Waals surface area contributed by atoms with Gasteiger partial charge in [-0.05, 0) is 80.7 Å². The average molecular weight is 755 g/mol. The molecule has 7 nitrogen and oxygen atoms in total. The largest absolute Gasteiger partial charge is 0.463 e.